The Morgan fingerprint density at radius 3 is 2.43 bits per heavy atom. The molecule has 21 heavy (non-hydrogen) atoms. The van der Waals surface area contributed by atoms with Crippen LogP contribution in [0.2, 0.25) is 0 Å². The van der Waals surface area contributed by atoms with Crippen molar-refractivity contribution in [1.82, 2.24) is 0 Å². The number of carbonyl (C=O) groups excluding carboxylic acids is 1. The van der Waals surface area contributed by atoms with Crippen molar-refractivity contribution in [2.24, 2.45) is 5.92 Å². The van der Waals surface area contributed by atoms with Gasteiger partial charge in [0.15, 0.2) is 0 Å². The molecule has 1 aromatic carbocycles. The number of hydrogen-bond acceptors (Lipinski definition) is 2. The lowest BCUT2D eigenvalue weighted by molar-refractivity contribution is -0.117. The van der Waals surface area contributed by atoms with Crippen molar-refractivity contribution < 1.29 is 4.79 Å². The number of amides is 1. The minimum absolute atomic E-state index is 0.256. The maximum atomic E-state index is 11.8. The van der Waals surface area contributed by atoms with Gasteiger partial charge in [-0.05, 0) is 56.4 Å². The highest BCUT2D eigenvalue weighted by Crippen LogP contribution is 2.29. The van der Waals surface area contributed by atoms with Crippen molar-refractivity contribution in [3.05, 3.63) is 24.3 Å². The quantitative estimate of drug-likeness (QED) is 0.900. The van der Waals surface area contributed by atoms with Crippen LogP contribution < -0.4 is 10.2 Å². The zero-order valence-corrected chi connectivity index (χ0v) is 13.0. The fourth-order valence-corrected chi connectivity index (χ4v) is 3.67. The Bertz CT molecular complexity index is 476. The van der Waals surface area contributed by atoms with Gasteiger partial charge in [0.1, 0.15) is 0 Å². The van der Waals surface area contributed by atoms with Gasteiger partial charge in [-0.25, -0.2) is 0 Å². The first kappa shape index (κ1) is 14.4. The van der Waals surface area contributed by atoms with Crippen molar-refractivity contribution in [2.75, 3.05) is 16.8 Å². The van der Waals surface area contributed by atoms with Crippen LogP contribution in [0.25, 0.3) is 0 Å². The molecule has 1 amide bonds. The van der Waals surface area contributed by atoms with E-state index in [0.29, 0.717) is 12.5 Å². The fraction of sp³-hybridized carbons (Fsp3) is 0.611. The first-order valence-electron chi connectivity index (χ1n) is 8.41. The number of nitrogens with zero attached hydrogens (tertiary/aromatic N) is 1. The largest absolute Gasteiger partial charge is 0.382 e. The topological polar surface area (TPSA) is 32.3 Å². The molecule has 3 heteroatoms. The van der Waals surface area contributed by atoms with E-state index >= 15 is 0 Å². The van der Waals surface area contributed by atoms with Crippen LogP contribution >= 0.6 is 0 Å². The lowest BCUT2D eigenvalue weighted by Crippen LogP contribution is -2.27. The summed E-state index contributed by atoms with van der Waals surface area (Å²) in [5.41, 5.74) is 2.21. The second-order valence-electron chi connectivity index (χ2n) is 6.53. The van der Waals surface area contributed by atoms with Crippen molar-refractivity contribution in [2.45, 2.75) is 57.9 Å². The molecule has 114 valence electrons. The summed E-state index contributed by atoms with van der Waals surface area (Å²) in [6.45, 7) is 3.16. The Balaban J connectivity index is 1.60. The lowest BCUT2D eigenvalue weighted by atomic mass is 9.84. The van der Waals surface area contributed by atoms with E-state index in [-0.39, 0.29) is 5.91 Å². The molecule has 0 spiro atoms. The first-order valence-corrected chi connectivity index (χ1v) is 8.41. The molecular formula is C18H26N2O. The molecule has 1 aliphatic carbocycles. The summed E-state index contributed by atoms with van der Waals surface area (Å²) >= 11 is 0. The van der Waals surface area contributed by atoms with Gasteiger partial charge in [0, 0.05) is 30.4 Å². The summed E-state index contributed by atoms with van der Waals surface area (Å²) in [6.07, 6.45) is 8.56. The molecule has 1 heterocycles. The van der Waals surface area contributed by atoms with Gasteiger partial charge in [-0.2, -0.15) is 0 Å². The van der Waals surface area contributed by atoms with Gasteiger partial charge in [-0.1, -0.05) is 19.3 Å². The van der Waals surface area contributed by atoms with Crippen molar-refractivity contribution >= 4 is 17.3 Å². The van der Waals surface area contributed by atoms with Gasteiger partial charge in [-0.3, -0.25) is 4.79 Å². The van der Waals surface area contributed by atoms with E-state index in [0.717, 1.165) is 24.6 Å². The smallest absolute Gasteiger partial charge is 0.227 e. The Kier molecular flexibility index (Phi) is 4.47. The monoisotopic (exact) mass is 286 g/mol. The standard InChI is InChI=1S/C18H26N2O/c1-14(15-6-3-2-4-7-15)19-16-9-11-17(12-10-16)20-13-5-8-18(20)21/h9-12,14-15,19H,2-8,13H2,1H3. The molecule has 0 bridgehead atoms. The van der Waals surface area contributed by atoms with Gasteiger partial charge in [-0.15, -0.1) is 0 Å². The maximum Gasteiger partial charge on any atom is 0.227 e. The Morgan fingerprint density at radius 2 is 1.81 bits per heavy atom. The average Bonchev–Trinajstić information content (AvgIpc) is 2.95. The summed E-state index contributed by atoms with van der Waals surface area (Å²) in [5, 5.41) is 3.64. The van der Waals surface area contributed by atoms with E-state index in [9.17, 15) is 4.79 Å². The first-order chi connectivity index (χ1) is 10.2. The van der Waals surface area contributed by atoms with E-state index in [2.05, 4.69) is 36.5 Å². The molecule has 1 N–H and O–H groups in total. The lowest BCUT2D eigenvalue weighted by Gasteiger charge is -2.29. The second-order valence-corrected chi connectivity index (χ2v) is 6.53. The molecule has 2 fully saturated rings. The van der Waals surface area contributed by atoms with Crippen molar-refractivity contribution in [3.8, 4) is 0 Å². The van der Waals surface area contributed by atoms with Crippen LogP contribution in [0.4, 0.5) is 11.4 Å². The van der Waals surface area contributed by atoms with E-state index < -0.39 is 0 Å². The number of benzene rings is 1. The zero-order valence-electron chi connectivity index (χ0n) is 13.0. The zero-order chi connectivity index (χ0) is 14.7. The molecule has 0 aromatic heterocycles. The van der Waals surface area contributed by atoms with Crippen LogP contribution in [0.5, 0.6) is 0 Å². The molecule has 1 unspecified atom stereocenters. The molecule has 1 saturated carbocycles. The average molecular weight is 286 g/mol. The number of anilines is 2. The molecule has 3 nitrogen and oxygen atoms in total. The van der Waals surface area contributed by atoms with Gasteiger partial charge in [0.2, 0.25) is 5.91 Å². The van der Waals surface area contributed by atoms with Crippen LogP contribution in [-0.2, 0) is 4.79 Å². The van der Waals surface area contributed by atoms with Crippen LogP contribution in [0.3, 0.4) is 0 Å². The third kappa shape index (κ3) is 3.39. The highest BCUT2D eigenvalue weighted by Gasteiger charge is 2.22. The molecule has 1 saturated heterocycles. The summed E-state index contributed by atoms with van der Waals surface area (Å²) in [7, 11) is 0. The molecule has 2 aliphatic rings. The van der Waals surface area contributed by atoms with E-state index in [4.69, 9.17) is 0 Å². The number of rotatable bonds is 4. The molecule has 1 atom stereocenters. The molecule has 1 aliphatic heterocycles. The Labute approximate surface area is 127 Å². The Morgan fingerprint density at radius 1 is 1.10 bits per heavy atom. The molecule has 0 radical (unpaired) electrons. The van der Waals surface area contributed by atoms with E-state index in [1.54, 1.807) is 0 Å². The highest BCUT2D eigenvalue weighted by molar-refractivity contribution is 5.95. The SMILES string of the molecule is CC(Nc1ccc(N2CCCC2=O)cc1)C1CCCCC1. The van der Waals surface area contributed by atoms with Gasteiger partial charge < -0.3 is 10.2 Å². The minimum Gasteiger partial charge on any atom is -0.382 e. The summed E-state index contributed by atoms with van der Waals surface area (Å²) in [6, 6.07) is 8.89. The van der Waals surface area contributed by atoms with Crippen LogP contribution in [0, 0.1) is 5.92 Å². The van der Waals surface area contributed by atoms with Gasteiger partial charge in [0.25, 0.3) is 0 Å². The molecule has 3 rings (SSSR count). The van der Waals surface area contributed by atoms with E-state index in [1.165, 1.54) is 37.8 Å². The van der Waals surface area contributed by atoms with Crippen LogP contribution in [0.1, 0.15) is 51.9 Å². The summed E-state index contributed by atoms with van der Waals surface area (Å²) in [4.78, 5) is 13.7. The third-order valence-electron chi connectivity index (χ3n) is 5.00. The van der Waals surface area contributed by atoms with Crippen LogP contribution in [-0.4, -0.2) is 18.5 Å². The molecular weight excluding hydrogens is 260 g/mol. The number of hydrogen-bond donors (Lipinski definition) is 1. The fourth-order valence-electron chi connectivity index (χ4n) is 3.67. The Hall–Kier alpha value is -1.51. The van der Waals surface area contributed by atoms with Crippen LogP contribution in [0.15, 0.2) is 24.3 Å². The number of carbonyl (C=O) groups is 1. The van der Waals surface area contributed by atoms with Gasteiger partial charge >= 0.3 is 0 Å². The van der Waals surface area contributed by atoms with Gasteiger partial charge in [0.05, 0.1) is 0 Å². The third-order valence-corrected chi connectivity index (χ3v) is 5.00. The summed E-state index contributed by atoms with van der Waals surface area (Å²) < 4.78 is 0. The van der Waals surface area contributed by atoms with E-state index in [1.807, 2.05) is 4.90 Å². The maximum absolute atomic E-state index is 11.8. The number of nitrogens with one attached hydrogen (secondary N) is 1. The highest BCUT2D eigenvalue weighted by atomic mass is 16.2. The van der Waals surface area contributed by atoms with Crippen molar-refractivity contribution in [1.29, 1.82) is 0 Å². The predicted molar refractivity (Wildman–Crippen MR) is 87.7 cm³/mol. The normalized spacial score (nSPS) is 21.6. The minimum atomic E-state index is 0.256. The predicted octanol–water partition coefficient (Wildman–Crippen LogP) is 4.19. The summed E-state index contributed by atoms with van der Waals surface area (Å²) in [5.74, 6) is 1.06. The second kappa shape index (κ2) is 6.50. The van der Waals surface area contributed by atoms with Crippen molar-refractivity contribution in [3.63, 3.8) is 0 Å². The molecule has 1 aromatic rings.